The standard InChI is InChI=1S/C16H22ClN3O/c1-3-4-9-16(11-21-2,10-20-13-18-12-19-20)14-5-7-15(17)8-6-14/h5-8,12-13H,3-4,9-11H2,1-2H3. The number of benzene rings is 1. The van der Waals surface area contributed by atoms with Gasteiger partial charge in [0.15, 0.2) is 0 Å². The van der Waals surface area contributed by atoms with Crippen LogP contribution in [0.4, 0.5) is 0 Å². The summed E-state index contributed by atoms with van der Waals surface area (Å²) in [6.07, 6.45) is 6.65. The van der Waals surface area contributed by atoms with Gasteiger partial charge in [0, 0.05) is 17.5 Å². The van der Waals surface area contributed by atoms with Crippen LogP contribution in [0.1, 0.15) is 31.7 Å². The number of nitrogens with zero attached hydrogens (tertiary/aromatic N) is 3. The summed E-state index contributed by atoms with van der Waals surface area (Å²) in [5.74, 6) is 0. The number of hydrogen-bond donors (Lipinski definition) is 0. The molecule has 0 N–H and O–H groups in total. The molecular weight excluding hydrogens is 286 g/mol. The van der Waals surface area contributed by atoms with Gasteiger partial charge in [-0.25, -0.2) is 4.98 Å². The molecule has 0 fully saturated rings. The summed E-state index contributed by atoms with van der Waals surface area (Å²) < 4.78 is 7.42. The van der Waals surface area contributed by atoms with Crippen molar-refractivity contribution in [2.75, 3.05) is 13.7 Å². The van der Waals surface area contributed by atoms with Crippen LogP contribution in [0.5, 0.6) is 0 Å². The van der Waals surface area contributed by atoms with Crippen LogP contribution in [-0.2, 0) is 16.7 Å². The molecule has 1 atom stereocenters. The molecule has 0 aliphatic carbocycles. The molecule has 1 aromatic heterocycles. The zero-order valence-corrected chi connectivity index (χ0v) is 13.4. The van der Waals surface area contributed by atoms with Gasteiger partial charge in [-0.3, -0.25) is 4.68 Å². The highest BCUT2D eigenvalue weighted by Gasteiger charge is 2.32. The summed E-state index contributed by atoms with van der Waals surface area (Å²) in [5.41, 5.74) is 1.13. The van der Waals surface area contributed by atoms with Crippen molar-refractivity contribution in [2.24, 2.45) is 0 Å². The topological polar surface area (TPSA) is 39.9 Å². The Labute approximate surface area is 131 Å². The van der Waals surface area contributed by atoms with Gasteiger partial charge in [0.2, 0.25) is 0 Å². The first-order chi connectivity index (χ1) is 10.2. The third-order valence-corrected chi connectivity index (χ3v) is 4.07. The van der Waals surface area contributed by atoms with Gasteiger partial charge in [0.25, 0.3) is 0 Å². The third kappa shape index (κ3) is 4.05. The van der Waals surface area contributed by atoms with Gasteiger partial charge in [0.05, 0.1) is 13.2 Å². The molecule has 114 valence electrons. The predicted molar refractivity (Wildman–Crippen MR) is 84.6 cm³/mol. The van der Waals surface area contributed by atoms with E-state index in [9.17, 15) is 0 Å². The lowest BCUT2D eigenvalue weighted by molar-refractivity contribution is 0.107. The molecule has 21 heavy (non-hydrogen) atoms. The van der Waals surface area contributed by atoms with E-state index in [0.717, 1.165) is 30.8 Å². The van der Waals surface area contributed by atoms with Crippen LogP contribution in [0.2, 0.25) is 5.02 Å². The largest absolute Gasteiger partial charge is 0.384 e. The van der Waals surface area contributed by atoms with E-state index in [2.05, 4.69) is 29.1 Å². The van der Waals surface area contributed by atoms with E-state index >= 15 is 0 Å². The van der Waals surface area contributed by atoms with Crippen molar-refractivity contribution in [2.45, 2.75) is 38.1 Å². The van der Waals surface area contributed by atoms with Gasteiger partial charge in [-0.1, -0.05) is 43.5 Å². The van der Waals surface area contributed by atoms with Crippen molar-refractivity contribution in [3.63, 3.8) is 0 Å². The number of rotatable bonds is 8. The molecule has 0 amide bonds. The molecular formula is C16H22ClN3O. The lowest BCUT2D eigenvalue weighted by atomic mass is 9.77. The number of methoxy groups -OCH3 is 1. The molecule has 1 heterocycles. The summed E-state index contributed by atoms with van der Waals surface area (Å²) in [7, 11) is 1.75. The van der Waals surface area contributed by atoms with Crippen molar-refractivity contribution >= 4 is 11.6 Å². The SMILES string of the molecule is CCCCC(COC)(Cn1cncn1)c1ccc(Cl)cc1. The van der Waals surface area contributed by atoms with Gasteiger partial charge < -0.3 is 4.74 Å². The van der Waals surface area contributed by atoms with Crippen LogP contribution in [0.3, 0.4) is 0 Å². The van der Waals surface area contributed by atoms with Crippen LogP contribution in [-0.4, -0.2) is 28.5 Å². The second-order valence-electron chi connectivity index (χ2n) is 5.42. The second kappa shape index (κ2) is 7.57. The first kappa shape index (κ1) is 16.0. The minimum Gasteiger partial charge on any atom is -0.384 e. The van der Waals surface area contributed by atoms with E-state index in [-0.39, 0.29) is 5.41 Å². The van der Waals surface area contributed by atoms with Crippen molar-refractivity contribution in [1.82, 2.24) is 14.8 Å². The summed E-state index contributed by atoms with van der Waals surface area (Å²) in [4.78, 5) is 4.04. The van der Waals surface area contributed by atoms with Crippen LogP contribution < -0.4 is 0 Å². The Morgan fingerprint density at radius 2 is 2.05 bits per heavy atom. The maximum Gasteiger partial charge on any atom is 0.137 e. The monoisotopic (exact) mass is 307 g/mol. The van der Waals surface area contributed by atoms with Gasteiger partial charge >= 0.3 is 0 Å². The molecule has 0 bridgehead atoms. The molecule has 1 unspecified atom stereocenters. The van der Waals surface area contributed by atoms with Crippen LogP contribution >= 0.6 is 11.6 Å². The number of aromatic nitrogens is 3. The lowest BCUT2D eigenvalue weighted by Gasteiger charge is -2.34. The molecule has 5 heteroatoms. The van der Waals surface area contributed by atoms with E-state index in [0.29, 0.717) is 6.61 Å². The Hall–Kier alpha value is -1.39. The first-order valence-electron chi connectivity index (χ1n) is 7.27. The van der Waals surface area contributed by atoms with E-state index in [1.165, 1.54) is 5.56 Å². The van der Waals surface area contributed by atoms with Crippen molar-refractivity contribution in [3.8, 4) is 0 Å². The highest BCUT2D eigenvalue weighted by Crippen LogP contribution is 2.33. The normalized spacial score (nSPS) is 14.0. The van der Waals surface area contributed by atoms with Crippen LogP contribution in [0.15, 0.2) is 36.9 Å². The summed E-state index contributed by atoms with van der Waals surface area (Å²) in [6, 6.07) is 8.06. The zero-order valence-electron chi connectivity index (χ0n) is 12.6. The Morgan fingerprint density at radius 3 is 2.62 bits per heavy atom. The Balaban J connectivity index is 2.35. The lowest BCUT2D eigenvalue weighted by Crippen LogP contribution is -2.36. The molecule has 0 aliphatic rings. The molecule has 2 rings (SSSR count). The van der Waals surface area contributed by atoms with Crippen LogP contribution in [0, 0.1) is 0 Å². The smallest absolute Gasteiger partial charge is 0.137 e. The van der Waals surface area contributed by atoms with E-state index < -0.39 is 0 Å². The third-order valence-electron chi connectivity index (χ3n) is 3.82. The fraction of sp³-hybridized carbons (Fsp3) is 0.500. The Kier molecular flexibility index (Phi) is 5.76. The first-order valence-corrected chi connectivity index (χ1v) is 7.65. The van der Waals surface area contributed by atoms with E-state index in [1.54, 1.807) is 19.8 Å². The van der Waals surface area contributed by atoms with Crippen molar-refractivity contribution < 1.29 is 4.74 Å². The molecule has 1 aromatic carbocycles. The molecule has 0 saturated heterocycles. The number of unbranched alkanes of at least 4 members (excludes halogenated alkanes) is 1. The highest BCUT2D eigenvalue weighted by molar-refractivity contribution is 6.30. The predicted octanol–water partition coefficient (Wildman–Crippen LogP) is 3.71. The minimum absolute atomic E-state index is 0.108. The molecule has 2 aromatic rings. The summed E-state index contributed by atoms with van der Waals surface area (Å²) in [5, 5.41) is 5.01. The molecule has 4 nitrogen and oxygen atoms in total. The van der Waals surface area contributed by atoms with E-state index in [4.69, 9.17) is 16.3 Å². The molecule has 0 aliphatic heterocycles. The summed E-state index contributed by atoms with van der Waals surface area (Å²) in [6.45, 7) is 3.60. The highest BCUT2D eigenvalue weighted by atomic mass is 35.5. The maximum absolute atomic E-state index is 6.03. The second-order valence-corrected chi connectivity index (χ2v) is 5.85. The quantitative estimate of drug-likeness (QED) is 0.746. The Morgan fingerprint density at radius 1 is 1.29 bits per heavy atom. The van der Waals surface area contributed by atoms with Crippen LogP contribution in [0.25, 0.3) is 0 Å². The molecule has 0 radical (unpaired) electrons. The minimum atomic E-state index is -0.108. The van der Waals surface area contributed by atoms with Gasteiger partial charge in [-0.05, 0) is 24.1 Å². The van der Waals surface area contributed by atoms with E-state index in [1.807, 2.05) is 16.8 Å². The van der Waals surface area contributed by atoms with Gasteiger partial charge in [-0.2, -0.15) is 5.10 Å². The number of ether oxygens (including phenoxy) is 1. The zero-order chi connectivity index (χ0) is 15.1. The van der Waals surface area contributed by atoms with Gasteiger partial charge in [0.1, 0.15) is 12.7 Å². The number of halogens is 1. The van der Waals surface area contributed by atoms with Gasteiger partial charge in [-0.15, -0.1) is 0 Å². The molecule has 0 saturated carbocycles. The maximum atomic E-state index is 6.03. The fourth-order valence-electron chi connectivity index (χ4n) is 2.74. The number of hydrogen-bond acceptors (Lipinski definition) is 3. The average Bonchev–Trinajstić information content (AvgIpc) is 2.98. The van der Waals surface area contributed by atoms with Crippen molar-refractivity contribution in [3.05, 3.63) is 47.5 Å². The fourth-order valence-corrected chi connectivity index (χ4v) is 2.86. The Bertz CT molecular complexity index is 527. The molecule has 0 spiro atoms. The average molecular weight is 308 g/mol. The van der Waals surface area contributed by atoms with Crippen molar-refractivity contribution in [1.29, 1.82) is 0 Å². The summed E-state index contributed by atoms with van der Waals surface area (Å²) >= 11 is 6.03.